The molecule has 130 valence electrons. The molecule has 0 aliphatic rings. The molecule has 0 aliphatic carbocycles. The van der Waals surface area contributed by atoms with Crippen LogP contribution in [0, 0.1) is 0 Å². The van der Waals surface area contributed by atoms with E-state index in [4.69, 9.17) is 11.6 Å². The molecule has 0 fully saturated rings. The monoisotopic (exact) mass is 360 g/mol. The maximum Gasteiger partial charge on any atom is 0.208 e. The van der Waals surface area contributed by atoms with Gasteiger partial charge in [0.15, 0.2) is 5.96 Å². The first kappa shape index (κ1) is 19.7. The molecule has 0 saturated heterocycles. The maximum absolute atomic E-state index is 11.0. The highest BCUT2D eigenvalue weighted by molar-refractivity contribution is 7.88. The van der Waals surface area contributed by atoms with Crippen LogP contribution in [0.5, 0.6) is 0 Å². The predicted octanol–water partition coefficient (Wildman–Crippen LogP) is 1.68. The lowest BCUT2D eigenvalue weighted by Crippen LogP contribution is -2.38. The maximum atomic E-state index is 11.0. The van der Waals surface area contributed by atoms with Crippen LogP contribution in [-0.4, -0.2) is 52.2 Å². The van der Waals surface area contributed by atoms with Gasteiger partial charge in [0.1, 0.15) is 0 Å². The van der Waals surface area contributed by atoms with Gasteiger partial charge in [0, 0.05) is 38.2 Å². The summed E-state index contributed by atoms with van der Waals surface area (Å²) in [5.41, 5.74) is 1.14. The molecule has 0 atom stereocenters. The van der Waals surface area contributed by atoms with E-state index < -0.39 is 10.0 Å². The Labute approximate surface area is 144 Å². The molecular weight excluding hydrogens is 336 g/mol. The molecule has 0 saturated carbocycles. The second-order valence-corrected chi connectivity index (χ2v) is 7.51. The largest absolute Gasteiger partial charge is 0.357 e. The normalized spacial score (nSPS) is 12.3. The molecule has 2 N–H and O–H groups in total. The lowest BCUT2D eigenvalue weighted by atomic mass is 10.2. The van der Waals surface area contributed by atoms with Crippen molar-refractivity contribution in [3.05, 3.63) is 34.9 Å². The molecular formula is C15H25ClN4O2S. The van der Waals surface area contributed by atoms with Gasteiger partial charge in [-0.05, 0) is 31.0 Å². The summed E-state index contributed by atoms with van der Waals surface area (Å²) in [5, 5.41) is 3.95. The zero-order chi connectivity index (χ0) is 17.3. The zero-order valence-electron chi connectivity index (χ0n) is 13.8. The molecule has 8 heteroatoms. The molecule has 0 unspecified atom stereocenters. The fourth-order valence-corrected chi connectivity index (χ4v) is 2.57. The number of hydrogen-bond acceptors (Lipinski definition) is 3. The summed E-state index contributed by atoms with van der Waals surface area (Å²) in [7, 11) is -1.17. The van der Waals surface area contributed by atoms with E-state index in [2.05, 4.69) is 15.0 Å². The Morgan fingerprint density at radius 2 is 1.96 bits per heavy atom. The lowest BCUT2D eigenvalue weighted by molar-refractivity contribution is 0.476. The van der Waals surface area contributed by atoms with Gasteiger partial charge in [-0.1, -0.05) is 23.7 Å². The highest BCUT2D eigenvalue weighted by Gasteiger charge is 2.06. The quantitative estimate of drug-likeness (QED) is 0.420. The standard InChI is InChI=1S/C15H25ClN4O2S/c1-4-17-15(18-10-5-11-19-23(3,21)22)20(2)12-13-6-8-14(16)9-7-13/h6-9,19H,4-5,10-12H2,1-3H3,(H,17,18). The van der Waals surface area contributed by atoms with Gasteiger partial charge < -0.3 is 10.2 Å². The van der Waals surface area contributed by atoms with Crippen LogP contribution in [0.2, 0.25) is 5.02 Å². The topological polar surface area (TPSA) is 73.8 Å². The SMILES string of the molecule is CCNC(=NCCCNS(C)(=O)=O)N(C)Cc1ccc(Cl)cc1. The summed E-state index contributed by atoms with van der Waals surface area (Å²) in [5.74, 6) is 0.793. The summed E-state index contributed by atoms with van der Waals surface area (Å²) in [4.78, 5) is 6.54. The minimum atomic E-state index is -3.13. The van der Waals surface area contributed by atoms with E-state index in [0.717, 1.165) is 29.3 Å². The van der Waals surface area contributed by atoms with Crippen molar-refractivity contribution in [1.82, 2.24) is 14.9 Å². The minimum absolute atomic E-state index is 0.392. The first-order chi connectivity index (χ1) is 10.8. The number of hydrogen-bond donors (Lipinski definition) is 2. The molecule has 0 aliphatic heterocycles. The third-order valence-electron chi connectivity index (χ3n) is 2.99. The summed E-state index contributed by atoms with van der Waals surface area (Å²) in [6.07, 6.45) is 1.80. The number of halogens is 1. The molecule has 1 aromatic carbocycles. The van der Waals surface area contributed by atoms with Crippen molar-refractivity contribution >= 4 is 27.6 Å². The van der Waals surface area contributed by atoms with Gasteiger partial charge in [-0.3, -0.25) is 4.99 Å². The second-order valence-electron chi connectivity index (χ2n) is 5.24. The Morgan fingerprint density at radius 1 is 1.30 bits per heavy atom. The van der Waals surface area contributed by atoms with Crippen LogP contribution >= 0.6 is 11.6 Å². The van der Waals surface area contributed by atoms with Crippen molar-refractivity contribution in [2.45, 2.75) is 19.9 Å². The van der Waals surface area contributed by atoms with Crippen molar-refractivity contribution in [3.8, 4) is 0 Å². The number of nitrogens with zero attached hydrogens (tertiary/aromatic N) is 2. The molecule has 0 spiro atoms. The Bertz CT molecular complexity index is 602. The van der Waals surface area contributed by atoms with E-state index >= 15 is 0 Å². The Hall–Kier alpha value is -1.31. The number of rotatable bonds is 8. The summed E-state index contributed by atoms with van der Waals surface area (Å²) in [6.45, 7) is 4.44. The first-order valence-electron chi connectivity index (χ1n) is 7.50. The van der Waals surface area contributed by atoms with Crippen LogP contribution < -0.4 is 10.0 Å². The third kappa shape index (κ3) is 8.78. The molecule has 0 aromatic heterocycles. The molecule has 1 aromatic rings. The van der Waals surface area contributed by atoms with Gasteiger partial charge >= 0.3 is 0 Å². The summed E-state index contributed by atoms with van der Waals surface area (Å²) < 4.78 is 24.4. The minimum Gasteiger partial charge on any atom is -0.357 e. The number of aliphatic imine (C=N–C) groups is 1. The van der Waals surface area contributed by atoms with Gasteiger partial charge in [-0.2, -0.15) is 0 Å². The molecule has 0 bridgehead atoms. The molecule has 1 rings (SSSR count). The van der Waals surface area contributed by atoms with E-state index in [9.17, 15) is 8.42 Å². The third-order valence-corrected chi connectivity index (χ3v) is 3.97. The van der Waals surface area contributed by atoms with Crippen LogP contribution in [-0.2, 0) is 16.6 Å². The highest BCUT2D eigenvalue weighted by atomic mass is 35.5. The van der Waals surface area contributed by atoms with Crippen LogP contribution in [0.1, 0.15) is 18.9 Å². The number of benzene rings is 1. The van der Waals surface area contributed by atoms with Crippen molar-refractivity contribution < 1.29 is 8.42 Å². The van der Waals surface area contributed by atoms with Crippen molar-refractivity contribution in [3.63, 3.8) is 0 Å². The van der Waals surface area contributed by atoms with Gasteiger partial charge in [0.2, 0.25) is 10.0 Å². The van der Waals surface area contributed by atoms with Crippen LogP contribution in [0.15, 0.2) is 29.3 Å². The fourth-order valence-electron chi connectivity index (χ4n) is 1.93. The Morgan fingerprint density at radius 3 is 2.52 bits per heavy atom. The van der Waals surface area contributed by atoms with Crippen LogP contribution in [0.4, 0.5) is 0 Å². The van der Waals surface area contributed by atoms with Gasteiger partial charge in [-0.25, -0.2) is 13.1 Å². The van der Waals surface area contributed by atoms with Crippen molar-refractivity contribution in [2.75, 3.05) is 32.9 Å². The first-order valence-corrected chi connectivity index (χ1v) is 9.77. The average molecular weight is 361 g/mol. The fraction of sp³-hybridized carbons (Fsp3) is 0.533. The molecule has 0 radical (unpaired) electrons. The Balaban J connectivity index is 2.54. The number of nitrogens with one attached hydrogen (secondary N) is 2. The van der Waals surface area contributed by atoms with Gasteiger partial charge in [-0.15, -0.1) is 0 Å². The second kappa shape index (κ2) is 9.75. The lowest BCUT2D eigenvalue weighted by Gasteiger charge is -2.22. The van der Waals surface area contributed by atoms with E-state index in [1.807, 2.05) is 43.1 Å². The molecule has 0 heterocycles. The van der Waals surface area contributed by atoms with Crippen LogP contribution in [0.3, 0.4) is 0 Å². The molecule has 6 nitrogen and oxygen atoms in total. The zero-order valence-corrected chi connectivity index (χ0v) is 15.4. The Kier molecular flexibility index (Phi) is 8.36. The van der Waals surface area contributed by atoms with E-state index in [0.29, 0.717) is 26.1 Å². The summed E-state index contributed by atoms with van der Waals surface area (Å²) in [6, 6.07) is 7.70. The van der Waals surface area contributed by atoms with Gasteiger partial charge in [0.05, 0.1) is 6.26 Å². The van der Waals surface area contributed by atoms with E-state index in [1.54, 1.807) is 0 Å². The summed E-state index contributed by atoms with van der Waals surface area (Å²) >= 11 is 5.89. The van der Waals surface area contributed by atoms with Crippen molar-refractivity contribution in [1.29, 1.82) is 0 Å². The molecule has 23 heavy (non-hydrogen) atoms. The predicted molar refractivity (Wildman–Crippen MR) is 96.4 cm³/mol. The van der Waals surface area contributed by atoms with Gasteiger partial charge in [0.25, 0.3) is 0 Å². The number of guanidine groups is 1. The number of sulfonamides is 1. The van der Waals surface area contributed by atoms with E-state index in [1.165, 1.54) is 0 Å². The average Bonchev–Trinajstić information content (AvgIpc) is 2.47. The van der Waals surface area contributed by atoms with Crippen molar-refractivity contribution in [2.24, 2.45) is 4.99 Å². The highest BCUT2D eigenvalue weighted by Crippen LogP contribution is 2.11. The van der Waals surface area contributed by atoms with E-state index in [-0.39, 0.29) is 0 Å². The smallest absolute Gasteiger partial charge is 0.208 e. The van der Waals surface area contributed by atoms with Crippen LogP contribution in [0.25, 0.3) is 0 Å². The molecule has 0 amide bonds.